The lowest BCUT2D eigenvalue weighted by atomic mass is 9.72. The van der Waals surface area contributed by atoms with Crippen molar-refractivity contribution in [3.63, 3.8) is 0 Å². The molecule has 0 aromatic heterocycles. The van der Waals surface area contributed by atoms with Crippen LogP contribution in [-0.4, -0.2) is 76.0 Å². The van der Waals surface area contributed by atoms with Gasteiger partial charge in [-0.3, -0.25) is 9.59 Å². The number of hydrogen-bond donors (Lipinski definition) is 0. The molecule has 4 aliphatic rings. The van der Waals surface area contributed by atoms with E-state index in [9.17, 15) is 9.59 Å². The average molecular weight is 539 g/mol. The van der Waals surface area contributed by atoms with Crippen LogP contribution in [0.3, 0.4) is 0 Å². The minimum Gasteiger partial charge on any atom is -0.465 e. The predicted octanol–water partition coefficient (Wildman–Crippen LogP) is 4.57. The average Bonchev–Trinajstić information content (AvgIpc) is 2.82. The Kier molecular flexibility index (Phi) is 11.3. The summed E-state index contributed by atoms with van der Waals surface area (Å²) >= 11 is 0. The molecule has 0 spiro atoms. The first-order valence-corrected chi connectivity index (χ1v) is 15.3. The molecule has 0 saturated carbocycles. The van der Waals surface area contributed by atoms with Crippen LogP contribution in [0.1, 0.15) is 79.1 Å². The van der Waals surface area contributed by atoms with Gasteiger partial charge in [0.25, 0.3) is 0 Å². The lowest BCUT2D eigenvalue weighted by molar-refractivity contribution is -0.211. The molecule has 4 fully saturated rings. The van der Waals surface area contributed by atoms with Crippen molar-refractivity contribution in [1.82, 2.24) is 0 Å². The zero-order chi connectivity index (χ0) is 27.1. The van der Waals surface area contributed by atoms with Gasteiger partial charge in [-0.25, -0.2) is 0 Å². The standard InChI is InChI=1S/C30H50O8/c1-5-25-21(15-33-25)19(22-16-34-26(22)6-2)13-37-29(31)11-9-10-12-30(32)38-14-20(23-17-35-27(23)7-3)24-18-36-28(24)8-4/h19-28H,5-18H2,1-4H3. The Balaban J connectivity index is 1.13. The lowest BCUT2D eigenvalue weighted by Crippen LogP contribution is -2.54. The topological polar surface area (TPSA) is 89.5 Å². The van der Waals surface area contributed by atoms with Crippen LogP contribution in [0.4, 0.5) is 0 Å². The van der Waals surface area contributed by atoms with E-state index in [1.807, 2.05) is 0 Å². The SMILES string of the molecule is CCC1OCC1C(COC(=O)CCCCC(=O)OCC(C1COC1CC)C1COC1CC)C1COC1CC. The molecule has 4 aliphatic heterocycles. The summed E-state index contributed by atoms with van der Waals surface area (Å²) in [6.45, 7) is 12.4. The van der Waals surface area contributed by atoms with Crippen molar-refractivity contribution in [3.05, 3.63) is 0 Å². The minimum absolute atomic E-state index is 0.184. The fraction of sp³-hybridized carbons (Fsp3) is 0.933. The fourth-order valence-corrected chi connectivity index (χ4v) is 6.84. The van der Waals surface area contributed by atoms with Gasteiger partial charge in [0.1, 0.15) is 0 Å². The summed E-state index contributed by atoms with van der Waals surface area (Å²) in [6, 6.07) is 0. The molecule has 0 amide bonds. The summed E-state index contributed by atoms with van der Waals surface area (Å²) in [6.07, 6.45) is 6.88. The third-order valence-electron chi connectivity index (χ3n) is 9.62. The molecule has 8 heteroatoms. The van der Waals surface area contributed by atoms with Crippen LogP contribution in [0.15, 0.2) is 0 Å². The summed E-state index contributed by atoms with van der Waals surface area (Å²) in [5, 5.41) is 0. The highest BCUT2D eigenvalue weighted by atomic mass is 16.5. The highest BCUT2D eigenvalue weighted by Gasteiger charge is 2.48. The van der Waals surface area contributed by atoms with Gasteiger partial charge >= 0.3 is 11.9 Å². The van der Waals surface area contributed by atoms with Crippen LogP contribution in [0.5, 0.6) is 0 Å². The Morgan fingerprint density at radius 3 is 1.08 bits per heavy atom. The van der Waals surface area contributed by atoms with E-state index in [2.05, 4.69) is 27.7 Å². The number of unbranched alkanes of at least 4 members (excludes halogenated alkanes) is 1. The molecule has 0 radical (unpaired) electrons. The van der Waals surface area contributed by atoms with Gasteiger partial charge in [-0.2, -0.15) is 0 Å². The Morgan fingerprint density at radius 2 is 0.868 bits per heavy atom. The van der Waals surface area contributed by atoms with Gasteiger partial charge in [-0.15, -0.1) is 0 Å². The predicted molar refractivity (Wildman–Crippen MR) is 141 cm³/mol. The van der Waals surface area contributed by atoms with Crippen molar-refractivity contribution in [3.8, 4) is 0 Å². The zero-order valence-corrected chi connectivity index (χ0v) is 23.9. The molecule has 0 aromatic rings. The van der Waals surface area contributed by atoms with Crippen LogP contribution in [-0.2, 0) is 38.0 Å². The van der Waals surface area contributed by atoms with Crippen molar-refractivity contribution in [2.75, 3.05) is 39.6 Å². The summed E-state index contributed by atoms with van der Waals surface area (Å²) in [5.41, 5.74) is 0. The van der Waals surface area contributed by atoms with Crippen molar-refractivity contribution in [1.29, 1.82) is 0 Å². The van der Waals surface area contributed by atoms with Crippen molar-refractivity contribution >= 4 is 11.9 Å². The quantitative estimate of drug-likeness (QED) is 0.197. The first kappa shape index (κ1) is 29.8. The number of rotatable bonds is 17. The molecule has 4 saturated heterocycles. The third-order valence-corrected chi connectivity index (χ3v) is 9.62. The minimum atomic E-state index is -0.184. The van der Waals surface area contributed by atoms with E-state index in [0.29, 0.717) is 74.4 Å². The molecule has 0 bridgehead atoms. The van der Waals surface area contributed by atoms with Gasteiger partial charge in [0.15, 0.2) is 0 Å². The molecule has 0 aliphatic carbocycles. The fourth-order valence-electron chi connectivity index (χ4n) is 6.84. The Hall–Kier alpha value is -1.22. The van der Waals surface area contributed by atoms with Crippen LogP contribution in [0.2, 0.25) is 0 Å². The molecule has 8 atom stereocenters. The van der Waals surface area contributed by atoms with E-state index in [4.69, 9.17) is 28.4 Å². The summed E-state index contributed by atoms with van der Waals surface area (Å²) < 4.78 is 34.4. The first-order valence-electron chi connectivity index (χ1n) is 15.3. The number of carbonyl (C=O) groups excluding carboxylic acids is 2. The second kappa shape index (κ2) is 14.4. The van der Waals surface area contributed by atoms with E-state index in [1.165, 1.54) is 0 Å². The lowest BCUT2D eigenvalue weighted by Gasteiger charge is -2.49. The monoisotopic (exact) mass is 538 g/mol. The van der Waals surface area contributed by atoms with Crippen LogP contribution in [0, 0.1) is 35.5 Å². The van der Waals surface area contributed by atoms with E-state index in [1.54, 1.807) is 0 Å². The maximum Gasteiger partial charge on any atom is 0.305 e. The highest BCUT2D eigenvalue weighted by Crippen LogP contribution is 2.42. The molecular weight excluding hydrogens is 488 g/mol. The van der Waals surface area contributed by atoms with Gasteiger partial charge in [0, 0.05) is 48.3 Å². The Bertz CT molecular complexity index is 649. The van der Waals surface area contributed by atoms with Gasteiger partial charge in [0.2, 0.25) is 0 Å². The van der Waals surface area contributed by atoms with E-state index < -0.39 is 0 Å². The summed E-state index contributed by atoms with van der Waals surface area (Å²) in [4.78, 5) is 25.0. The smallest absolute Gasteiger partial charge is 0.305 e. The third kappa shape index (κ3) is 6.91. The molecule has 0 aromatic carbocycles. The molecule has 8 unspecified atom stereocenters. The molecule has 218 valence electrons. The normalized spacial score (nSPS) is 35.6. The van der Waals surface area contributed by atoms with E-state index in [0.717, 1.165) is 52.1 Å². The molecule has 0 N–H and O–H groups in total. The second-order valence-corrected chi connectivity index (χ2v) is 11.7. The molecular formula is C30H50O8. The van der Waals surface area contributed by atoms with E-state index >= 15 is 0 Å². The largest absolute Gasteiger partial charge is 0.465 e. The first-order chi connectivity index (χ1) is 18.5. The second-order valence-electron chi connectivity index (χ2n) is 11.7. The van der Waals surface area contributed by atoms with Crippen molar-refractivity contribution in [2.24, 2.45) is 35.5 Å². The number of hydrogen-bond acceptors (Lipinski definition) is 8. The molecule has 4 heterocycles. The van der Waals surface area contributed by atoms with Crippen LogP contribution < -0.4 is 0 Å². The van der Waals surface area contributed by atoms with Crippen molar-refractivity contribution in [2.45, 2.75) is 103 Å². The maximum atomic E-state index is 12.5. The summed E-state index contributed by atoms with van der Waals surface area (Å²) in [5.74, 6) is 1.97. The van der Waals surface area contributed by atoms with Crippen LogP contribution in [0.25, 0.3) is 0 Å². The van der Waals surface area contributed by atoms with Gasteiger partial charge in [-0.1, -0.05) is 27.7 Å². The molecule has 8 nitrogen and oxygen atoms in total. The van der Waals surface area contributed by atoms with Gasteiger partial charge < -0.3 is 28.4 Å². The number of ether oxygens (including phenoxy) is 6. The van der Waals surface area contributed by atoms with Gasteiger partial charge in [0.05, 0.1) is 64.1 Å². The van der Waals surface area contributed by atoms with Gasteiger partial charge in [-0.05, 0) is 38.5 Å². The highest BCUT2D eigenvalue weighted by molar-refractivity contribution is 5.70. The molecule has 4 rings (SSSR count). The Labute approximate surface area is 228 Å². The van der Waals surface area contributed by atoms with Crippen molar-refractivity contribution < 1.29 is 38.0 Å². The summed E-state index contributed by atoms with van der Waals surface area (Å²) in [7, 11) is 0. The number of carbonyl (C=O) groups is 2. The zero-order valence-electron chi connectivity index (χ0n) is 23.9. The maximum absolute atomic E-state index is 12.5. The molecule has 38 heavy (non-hydrogen) atoms. The van der Waals surface area contributed by atoms with Crippen LogP contribution >= 0.6 is 0 Å². The Morgan fingerprint density at radius 1 is 0.579 bits per heavy atom. The number of esters is 2. The van der Waals surface area contributed by atoms with E-state index in [-0.39, 0.29) is 36.4 Å².